The van der Waals surface area contributed by atoms with E-state index in [9.17, 15) is 24.5 Å². The zero-order valence-corrected chi connectivity index (χ0v) is 12.4. The number of carbonyl (C=O) groups is 2. The molecule has 0 bridgehead atoms. The molecule has 9 nitrogen and oxygen atoms in total. The van der Waals surface area contributed by atoms with Gasteiger partial charge in [0.15, 0.2) is 6.61 Å². The molecule has 0 radical (unpaired) electrons. The van der Waals surface area contributed by atoms with E-state index in [0.717, 1.165) is 4.57 Å². The summed E-state index contributed by atoms with van der Waals surface area (Å²) in [7, 11) is 0. The van der Waals surface area contributed by atoms with E-state index in [2.05, 4.69) is 5.32 Å². The van der Waals surface area contributed by atoms with E-state index in [-0.39, 0.29) is 17.8 Å². The lowest BCUT2D eigenvalue weighted by Gasteiger charge is -2.07. The number of hydrogen-bond donors (Lipinski definition) is 1. The molecule has 1 heterocycles. The average molecular weight is 331 g/mol. The molecule has 0 atom stereocenters. The Morgan fingerprint density at radius 3 is 2.50 bits per heavy atom. The molecule has 24 heavy (non-hydrogen) atoms. The van der Waals surface area contributed by atoms with Gasteiger partial charge in [0.25, 0.3) is 17.2 Å². The molecule has 0 saturated heterocycles. The molecule has 124 valence electrons. The fraction of sp³-hybridized carbons (Fsp3) is 0.133. The second-order valence-corrected chi connectivity index (χ2v) is 4.68. The number of non-ortho nitro benzene ring substituents is 1. The Bertz CT molecular complexity index is 812. The second-order valence-electron chi connectivity index (χ2n) is 4.68. The smallest absolute Gasteiger partial charge is 0.326 e. The van der Waals surface area contributed by atoms with Crippen molar-refractivity contribution in [3.8, 4) is 0 Å². The van der Waals surface area contributed by atoms with E-state index in [4.69, 9.17) is 4.74 Å². The third-order valence-corrected chi connectivity index (χ3v) is 2.92. The first-order chi connectivity index (χ1) is 11.5. The normalized spacial score (nSPS) is 10.0. The number of benzene rings is 1. The average Bonchev–Trinajstić information content (AvgIpc) is 2.55. The standard InChI is InChI=1S/C15H13N3O6/c19-13(16-11-4-6-12(7-5-11)18(22)23)10-24-15(21)9-17-8-2-1-3-14(17)20/h1-8H,9-10H2,(H,16,19). The second kappa shape index (κ2) is 7.68. The van der Waals surface area contributed by atoms with Gasteiger partial charge < -0.3 is 14.6 Å². The fourth-order valence-corrected chi connectivity index (χ4v) is 1.79. The van der Waals surface area contributed by atoms with Crippen LogP contribution in [0.5, 0.6) is 0 Å². The molecule has 0 saturated carbocycles. The monoisotopic (exact) mass is 331 g/mol. The highest BCUT2D eigenvalue weighted by molar-refractivity contribution is 5.92. The number of nitrogens with zero attached hydrogens (tertiary/aromatic N) is 2. The van der Waals surface area contributed by atoms with Crippen LogP contribution in [0, 0.1) is 10.1 Å². The lowest BCUT2D eigenvalue weighted by Crippen LogP contribution is -2.26. The van der Waals surface area contributed by atoms with Gasteiger partial charge in [-0.2, -0.15) is 0 Å². The maximum absolute atomic E-state index is 11.7. The lowest BCUT2D eigenvalue weighted by molar-refractivity contribution is -0.384. The number of nitrogens with one attached hydrogen (secondary N) is 1. The van der Waals surface area contributed by atoms with Crippen molar-refractivity contribution in [2.75, 3.05) is 11.9 Å². The minimum atomic E-state index is -0.734. The lowest BCUT2D eigenvalue weighted by atomic mass is 10.3. The zero-order valence-electron chi connectivity index (χ0n) is 12.4. The van der Waals surface area contributed by atoms with Crippen molar-refractivity contribution >= 4 is 23.3 Å². The first-order valence-electron chi connectivity index (χ1n) is 6.81. The molecule has 0 unspecified atom stereocenters. The van der Waals surface area contributed by atoms with Crippen molar-refractivity contribution < 1.29 is 19.2 Å². The first-order valence-corrected chi connectivity index (χ1v) is 6.81. The fourth-order valence-electron chi connectivity index (χ4n) is 1.79. The number of carbonyl (C=O) groups excluding carboxylic acids is 2. The van der Waals surface area contributed by atoms with Gasteiger partial charge in [0, 0.05) is 30.1 Å². The van der Waals surface area contributed by atoms with E-state index in [1.54, 1.807) is 12.1 Å². The summed E-state index contributed by atoms with van der Waals surface area (Å²) in [4.78, 5) is 44.7. The van der Waals surface area contributed by atoms with Gasteiger partial charge in [0.1, 0.15) is 6.54 Å². The van der Waals surface area contributed by atoms with Crippen LogP contribution in [0.1, 0.15) is 0 Å². The van der Waals surface area contributed by atoms with Crippen LogP contribution >= 0.6 is 0 Å². The number of hydrogen-bond acceptors (Lipinski definition) is 6. The van der Waals surface area contributed by atoms with Gasteiger partial charge in [-0.05, 0) is 18.2 Å². The van der Waals surface area contributed by atoms with Crippen molar-refractivity contribution in [2.24, 2.45) is 0 Å². The number of nitro benzene ring substituents is 1. The predicted octanol–water partition coefficient (Wildman–Crippen LogP) is 0.938. The van der Waals surface area contributed by atoms with Crippen LogP contribution in [0.15, 0.2) is 53.5 Å². The number of amides is 1. The number of nitro groups is 1. The van der Waals surface area contributed by atoms with Gasteiger partial charge in [0.05, 0.1) is 4.92 Å². The zero-order chi connectivity index (χ0) is 17.5. The molecule has 0 aliphatic heterocycles. The summed E-state index contributed by atoms with van der Waals surface area (Å²) in [6.45, 7) is -0.831. The molecular formula is C15H13N3O6. The van der Waals surface area contributed by atoms with Crippen molar-refractivity contribution in [3.63, 3.8) is 0 Å². The highest BCUT2D eigenvalue weighted by atomic mass is 16.6. The van der Waals surface area contributed by atoms with Crippen molar-refractivity contribution in [2.45, 2.75) is 6.54 Å². The van der Waals surface area contributed by atoms with E-state index >= 15 is 0 Å². The highest BCUT2D eigenvalue weighted by Crippen LogP contribution is 2.15. The Balaban J connectivity index is 1.82. The van der Waals surface area contributed by atoms with E-state index < -0.39 is 23.4 Å². The Hall–Kier alpha value is -3.49. The summed E-state index contributed by atoms with van der Waals surface area (Å²) in [5, 5.41) is 13.0. The molecule has 0 spiro atoms. The summed E-state index contributed by atoms with van der Waals surface area (Å²) in [5.74, 6) is -1.33. The SMILES string of the molecule is O=C(COC(=O)Cn1ccccc1=O)Nc1ccc([N+](=O)[O-])cc1. The molecule has 2 aromatic rings. The molecule has 1 amide bonds. The van der Waals surface area contributed by atoms with Crippen molar-refractivity contribution in [1.29, 1.82) is 0 Å². The number of pyridine rings is 1. The largest absolute Gasteiger partial charge is 0.454 e. The molecule has 1 aromatic carbocycles. The summed E-state index contributed by atoms with van der Waals surface area (Å²) in [5.41, 5.74) is -0.126. The van der Waals surface area contributed by atoms with Gasteiger partial charge in [0.2, 0.25) is 0 Å². The van der Waals surface area contributed by atoms with Crippen LogP contribution in [-0.2, 0) is 20.9 Å². The molecule has 1 aromatic heterocycles. The molecule has 2 rings (SSSR count). The minimum absolute atomic E-state index is 0.104. The Kier molecular flexibility index (Phi) is 5.40. The van der Waals surface area contributed by atoms with E-state index in [0.29, 0.717) is 5.69 Å². The number of ether oxygens (including phenoxy) is 1. The number of esters is 1. The first kappa shape index (κ1) is 16.9. The van der Waals surface area contributed by atoms with Gasteiger partial charge in [-0.25, -0.2) is 0 Å². The van der Waals surface area contributed by atoms with Crippen molar-refractivity contribution in [3.05, 3.63) is 69.1 Å². The minimum Gasteiger partial charge on any atom is -0.454 e. The molecular weight excluding hydrogens is 318 g/mol. The molecule has 9 heteroatoms. The Morgan fingerprint density at radius 2 is 1.88 bits per heavy atom. The van der Waals surface area contributed by atoms with Crippen molar-refractivity contribution in [1.82, 2.24) is 4.57 Å². The maximum Gasteiger partial charge on any atom is 0.326 e. The van der Waals surface area contributed by atoms with Gasteiger partial charge in [-0.1, -0.05) is 6.07 Å². The quantitative estimate of drug-likeness (QED) is 0.478. The summed E-state index contributed by atoms with van der Waals surface area (Å²) >= 11 is 0. The third-order valence-electron chi connectivity index (χ3n) is 2.92. The van der Waals surface area contributed by atoms with Crippen LogP contribution in [0.3, 0.4) is 0 Å². The number of anilines is 1. The Labute approximate surface area is 135 Å². The van der Waals surface area contributed by atoms with Gasteiger partial charge in [-0.15, -0.1) is 0 Å². The topological polar surface area (TPSA) is 121 Å². The van der Waals surface area contributed by atoms with Crippen LogP contribution in [0.25, 0.3) is 0 Å². The highest BCUT2D eigenvalue weighted by Gasteiger charge is 2.10. The Morgan fingerprint density at radius 1 is 1.17 bits per heavy atom. The maximum atomic E-state index is 11.7. The molecule has 1 N–H and O–H groups in total. The van der Waals surface area contributed by atoms with Crippen LogP contribution < -0.4 is 10.9 Å². The van der Waals surface area contributed by atoms with Gasteiger partial charge >= 0.3 is 5.97 Å². The molecule has 0 aliphatic rings. The molecule has 0 fully saturated rings. The number of rotatable bonds is 6. The summed E-state index contributed by atoms with van der Waals surface area (Å²) in [6, 6.07) is 9.64. The van der Waals surface area contributed by atoms with E-state index in [1.807, 2.05) is 0 Å². The molecule has 0 aliphatic carbocycles. The summed E-state index contributed by atoms with van der Waals surface area (Å²) < 4.78 is 5.93. The van der Waals surface area contributed by atoms with E-state index in [1.165, 1.54) is 36.5 Å². The van der Waals surface area contributed by atoms with Crippen LogP contribution in [0.2, 0.25) is 0 Å². The summed E-state index contributed by atoms with van der Waals surface area (Å²) in [6.07, 6.45) is 1.43. The van der Waals surface area contributed by atoms with Crippen LogP contribution in [0.4, 0.5) is 11.4 Å². The predicted molar refractivity (Wildman–Crippen MR) is 83.4 cm³/mol. The number of aromatic nitrogens is 1. The third kappa shape index (κ3) is 4.77. The van der Waals surface area contributed by atoms with Crippen LogP contribution in [-0.4, -0.2) is 28.0 Å². The van der Waals surface area contributed by atoms with Gasteiger partial charge in [-0.3, -0.25) is 24.5 Å².